The van der Waals surface area contributed by atoms with Crippen molar-refractivity contribution in [3.8, 4) is 6.07 Å². The van der Waals surface area contributed by atoms with Crippen LogP contribution in [0.4, 0.5) is 13.2 Å². The number of likely N-dealkylation sites (N-methyl/N-ethyl adjacent to an activating group) is 1. The van der Waals surface area contributed by atoms with Crippen molar-refractivity contribution in [2.75, 3.05) is 13.6 Å². The lowest BCUT2D eigenvalue weighted by Gasteiger charge is -2.25. The Morgan fingerprint density at radius 3 is 2.57 bits per heavy atom. The number of nitrogens with zero attached hydrogens (tertiary/aromatic N) is 2. The van der Waals surface area contributed by atoms with Crippen LogP contribution in [0.5, 0.6) is 0 Å². The summed E-state index contributed by atoms with van der Waals surface area (Å²) in [5.41, 5.74) is 4.02. The van der Waals surface area contributed by atoms with Crippen LogP contribution in [-0.4, -0.2) is 24.7 Å². The van der Waals surface area contributed by atoms with Crippen LogP contribution in [0.1, 0.15) is 0 Å². The Hall–Kier alpha value is -1.64. The normalized spacial score (nSPS) is 17.9. The number of rotatable bonds is 0. The van der Waals surface area contributed by atoms with Crippen LogP contribution in [-0.2, 0) is 0 Å². The monoisotopic (exact) mass is 203 g/mol. The van der Waals surface area contributed by atoms with Crippen LogP contribution in [0, 0.1) is 11.3 Å². The molecule has 14 heavy (non-hydrogen) atoms. The second-order valence-corrected chi connectivity index (χ2v) is 2.95. The molecule has 3 nitrogen and oxygen atoms in total. The maximum atomic E-state index is 12.4. The molecule has 0 aromatic carbocycles. The van der Waals surface area contributed by atoms with E-state index in [0.29, 0.717) is 0 Å². The average Bonchev–Trinajstić information content (AvgIpc) is 2.01. The molecule has 0 unspecified atom stereocenters. The van der Waals surface area contributed by atoms with Gasteiger partial charge in [-0.3, -0.25) is 0 Å². The van der Waals surface area contributed by atoms with Crippen LogP contribution in [0.2, 0.25) is 0 Å². The summed E-state index contributed by atoms with van der Waals surface area (Å²) in [5, 5.41) is 8.56. The van der Waals surface area contributed by atoms with Crippen molar-refractivity contribution in [3.05, 3.63) is 23.0 Å². The zero-order valence-electron chi connectivity index (χ0n) is 7.39. The fourth-order valence-electron chi connectivity index (χ4n) is 1.22. The van der Waals surface area contributed by atoms with Gasteiger partial charge in [0.05, 0.1) is 12.1 Å². The summed E-state index contributed by atoms with van der Waals surface area (Å²) in [7, 11) is 1.39. The van der Waals surface area contributed by atoms with Gasteiger partial charge in [0.25, 0.3) is 0 Å². The fraction of sp³-hybridized carbons (Fsp3) is 0.375. The summed E-state index contributed by atoms with van der Waals surface area (Å²) in [6, 6.07) is 1.52. The lowest BCUT2D eigenvalue weighted by Crippen LogP contribution is -2.31. The van der Waals surface area contributed by atoms with Gasteiger partial charge in [-0.05, 0) is 6.08 Å². The van der Waals surface area contributed by atoms with Crippen LogP contribution >= 0.6 is 0 Å². The first-order chi connectivity index (χ1) is 6.36. The minimum absolute atomic E-state index is 0.0961. The Morgan fingerprint density at radius 1 is 1.57 bits per heavy atom. The van der Waals surface area contributed by atoms with Gasteiger partial charge in [0.15, 0.2) is 0 Å². The first kappa shape index (κ1) is 10.4. The number of hydrogen-bond acceptors (Lipinski definition) is 3. The number of halogens is 3. The first-order valence-electron chi connectivity index (χ1n) is 3.75. The zero-order chi connectivity index (χ0) is 10.9. The summed E-state index contributed by atoms with van der Waals surface area (Å²) >= 11 is 0. The second kappa shape index (κ2) is 3.25. The number of hydrogen-bond donors (Lipinski definition) is 1. The van der Waals surface area contributed by atoms with Crippen LogP contribution in [0.25, 0.3) is 0 Å². The van der Waals surface area contributed by atoms with Gasteiger partial charge in [0, 0.05) is 12.7 Å². The Bertz CT molecular complexity index is 346. The predicted molar refractivity (Wildman–Crippen MR) is 43.6 cm³/mol. The third-order valence-corrected chi connectivity index (χ3v) is 1.80. The van der Waals surface area contributed by atoms with E-state index in [2.05, 4.69) is 0 Å². The molecule has 0 radical (unpaired) electrons. The summed E-state index contributed by atoms with van der Waals surface area (Å²) < 4.78 is 37.2. The Morgan fingerprint density at radius 2 is 2.14 bits per heavy atom. The minimum atomic E-state index is -4.54. The van der Waals surface area contributed by atoms with Crippen molar-refractivity contribution >= 4 is 0 Å². The van der Waals surface area contributed by atoms with Gasteiger partial charge in [-0.15, -0.1) is 0 Å². The van der Waals surface area contributed by atoms with E-state index in [1.807, 2.05) is 0 Å². The van der Waals surface area contributed by atoms with E-state index in [9.17, 15) is 13.2 Å². The van der Waals surface area contributed by atoms with Crippen LogP contribution < -0.4 is 5.73 Å². The largest absolute Gasteiger partial charge is 0.419 e. The van der Waals surface area contributed by atoms with Crippen molar-refractivity contribution in [1.29, 1.82) is 5.26 Å². The smallest absolute Gasteiger partial charge is 0.401 e. The molecule has 1 aliphatic heterocycles. The molecule has 0 aliphatic carbocycles. The molecule has 0 spiro atoms. The summed E-state index contributed by atoms with van der Waals surface area (Å²) in [6.45, 7) is 0.141. The number of allylic oxidation sites excluding steroid dienone is 3. The molecular weight excluding hydrogens is 195 g/mol. The molecule has 0 saturated carbocycles. The summed E-state index contributed by atoms with van der Waals surface area (Å²) in [5.74, 6) is 0. The maximum absolute atomic E-state index is 12.4. The average molecular weight is 203 g/mol. The van der Waals surface area contributed by atoms with E-state index in [0.717, 1.165) is 6.08 Å². The molecule has 1 rings (SSSR count). The van der Waals surface area contributed by atoms with E-state index in [4.69, 9.17) is 11.0 Å². The highest BCUT2D eigenvalue weighted by Gasteiger charge is 2.38. The molecule has 0 atom stereocenters. The van der Waals surface area contributed by atoms with Gasteiger partial charge in [0.1, 0.15) is 11.8 Å². The highest BCUT2D eigenvalue weighted by atomic mass is 19.4. The molecule has 0 fully saturated rings. The van der Waals surface area contributed by atoms with Crippen LogP contribution in [0.15, 0.2) is 23.0 Å². The molecule has 2 N–H and O–H groups in total. The Kier molecular flexibility index (Phi) is 2.43. The minimum Gasteiger partial charge on any atom is -0.401 e. The second-order valence-electron chi connectivity index (χ2n) is 2.95. The molecular formula is C8H8F3N3. The van der Waals surface area contributed by atoms with E-state index >= 15 is 0 Å². The Labute approximate surface area is 78.9 Å². The molecule has 0 bridgehead atoms. The zero-order valence-corrected chi connectivity index (χ0v) is 7.39. The molecule has 0 amide bonds. The molecule has 0 aromatic rings. The molecule has 6 heteroatoms. The number of nitriles is 1. The van der Waals surface area contributed by atoms with Crippen molar-refractivity contribution in [2.24, 2.45) is 5.73 Å². The van der Waals surface area contributed by atoms with E-state index in [-0.39, 0.29) is 12.2 Å². The summed E-state index contributed by atoms with van der Waals surface area (Å²) in [6.07, 6.45) is -3.73. The topological polar surface area (TPSA) is 53.0 Å². The molecule has 1 aliphatic rings. The summed E-state index contributed by atoms with van der Waals surface area (Å²) in [4.78, 5) is 1.18. The SMILES string of the molecule is CN1CC(N)=CC(C(F)(F)F)=C1C#N. The third-order valence-electron chi connectivity index (χ3n) is 1.80. The van der Waals surface area contributed by atoms with Gasteiger partial charge in [-0.2, -0.15) is 18.4 Å². The molecule has 0 aromatic heterocycles. The molecule has 1 heterocycles. The van der Waals surface area contributed by atoms with E-state index < -0.39 is 17.4 Å². The van der Waals surface area contributed by atoms with Crippen molar-refractivity contribution in [1.82, 2.24) is 4.90 Å². The van der Waals surface area contributed by atoms with Crippen molar-refractivity contribution in [3.63, 3.8) is 0 Å². The van der Waals surface area contributed by atoms with Gasteiger partial charge in [0.2, 0.25) is 0 Å². The third kappa shape index (κ3) is 1.82. The van der Waals surface area contributed by atoms with Crippen molar-refractivity contribution in [2.45, 2.75) is 6.18 Å². The highest BCUT2D eigenvalue weighted by Crippen LogP contribution is 2.32. The molecule has 76 valence electrons. The Balaban J connectivity index is 3.27. The lowest BCUT2D eigenvalue weighted by atomic mass is 10.1. The van der Waals surface area contributed by atoms with E-state index in [1.165, 1.54) is 18.0 Å². The number of alkyl halides is 3. The molecule has 0 saturated heterocycles. The maximum Gasteiger partial charge on any atom is 0.419 e. The van der Waals surface area contributed by atoms with Gasteiger partial charge in [-0.25, -0.2) is 0 Å². The quantitative estimate of drug-likeness (QED) is 0.641. The van der Waals surface area contributed by atoms with Crippen molar-refractivity contribution < 1.29 is 13.2 Å². The highest BCUT2D eigenvalue weighted by molar-refractivity contribution is 5.42. The van der Waals surface area contributed by atoms with Crippen LogP contribution in [0.3, 0.4) is 0 Å². The van der Waals surface area contributed by atoms with Gasteiger partial charge < -0.3 is 10.6 Å². The number of nitrogens with two attached hydrogens (primary N) is 1. The predicted octanol–water partition coefficient (Wildman–Crippen LogP) is 1.11. The van der Waals surface area contributed by atoms with Gasteiger partial charge >= 0.3 is 6.18 Å². The lowest BCUT2D eigenvalue weighted by molar-refractivity contribution is -0.0902. The van der Waals surface area contributed by atoms with Gasteiger partial charge in [-0.1, -0.05) is 0 Å². The first-order valence-corrected chi connectivity index (χ1v) is 3.75. The van der Waals surface area contributed by atoms with E-state index in [1.54, 1.807) is 0 Å². The standard InChI is InChI=1S/C8H8F3N3/c1-14-4-5(13)2-6(7(14)3-12)8(9,10)11/h2H,4,13H2,1H3. The fourth-order valence-corrected chi connectivity index (χ4v) is 1.22.